The van der Waals surface area contributed by atoms with Crippen LogP contribution in [0.15, 0.2) is 94.0 Å². The fourth-order valence-corrected chi connectivity index (χ4v) is 7.61. The monoisotopic (exact) mass is 544 g/mol. The molecule has 0 saturated heterocycles. The third kappa shape index (κ3) is 5.00. The summed E-state index contributed by atoms with van der Waals surface area (Å²) < 4.78 is 55.4. The average molecular weight is 545 g/mol. The zero-order chi connectivity index (χ0) is 25.9. The molecular weight excluding hydrogens is 520 g/mol. The Hall–Kier alpha value is -3.25. The van der Waals surface area contributed by atoms with Crippen molar-refractivity contribution in [1.29, 1.82) is 0 Å². The van der Waals surface area contributed by atoms with Crippen molar-refractivity contribution in [1.82, 2.24) is 4.31 Å². The average Bonchev–Trinajstić information content (AvgIpc) is 3.26. The van der Waals surface area contributed by atoms with Crippen LogP contribution >= 0.6 is 11.3 Å². The van der Waals surface area contributed by atoms with Gasteiger partial charge in [0.2, 0.25) is 10.0 Å². The van der Waals surface area contributed by atoms with Crippen molar-refractivity contribution in [3.63, 3.8) is 0 Å². The van der Waals surface area contributed by atoms with Gasteiger partial charge >= 0.3 is 6.09 Å². The van der Waals surface area contributed by atoms with E-state index < -0.39 is 26.1 Å². The molecule has 0 aliphatic heterocycles. The van der Waals surface area contributed by atoms with Crippen LogP contribution in [0, 0.1) is 0 Å². The Morgan fingerprint density at radius 3 is 2.00 bits per heavy atom. The molecule has 0 bridgehead atoms. The van der Waals surface area contributed by atoms with Crippen LogP contribution in [0.25, 0.3) is 10.1 Å². The van der Waals surface area contributed by atoms with E-state index in [-0.39, 0.29) is 28.6 Å². The first-order valence-electron chi connectivity index (χ1n) is 11.0. The second kappa shape index (κ2) is 10.4. The van der Waals surface area contributed by atoms with Gasteiger partial charge in [0, 0.05) is 17.8 Å². The SMILES string of the molecule is CCCN(Cc1csc2ccc(N(C(=O)O)S(=O)(=O)c3ccccc3)cc12)S(=O)(=O)c1ccccc1. The standard InChI is InChI=1S/C25H24N2O6S3/c1-2-15-26(35(30,31)21-9-5-3-6-10-21)17-19-18-34-24-14-13-20(16-23(19)24)27(25(28)29)36(32,33)22-11-7-4-8-12-22/h3-14,16,18H,2,15,17H2,1H3,(H,28,29). The van der Waals surface area contributed by atoms with Crippen LogP contribution in [0.5, 0.6) is 0 Å². The predicted octanol–water partition coefficient (Wildman–Crippen LogP) is 5.38. The highest BCUT2D eigenvalue weighted by atomic mass is 32.2. The molecule has 0 saturated carbocycles. The Bertz CT molecular complexity index is 1580. The molecule has 1 N–H and O–H groups in total. The maximum Gasteiger partial charge on any atom is 0.426 e. The maximum absolute atomic E-state index is 13.3. The van der Waals surface area contributed by atoms with Gasteiger partial charge in [-0.1, -0.05) is 43.3 Å². The van der Waals surface area contributed by atoms with Gasteiger partial charge in [0.15, 0.2) is 0 Å². The molecule has 1 heterocycles. The number of fused-ring (bicyclic) bond motifs is 1. The van der Waals surface area contributed by atoms with Crippen LogP contribution in [0.4, 0.5) is 10.5 Å². The van der Waals surface area contributed by atoms with Crippen molar-refractivity contribution in [3.05, 3.63) is 89.8 Å². The zero-order valence-electron chi connectivity index (χ0n) is 19.3. The first-order valence-corrected chi connectivity index (χ1v) is 14.8. The quantitative estimate of drug-likeness (QED) is 0.303. The van der Waals surface area contributed by atoms with E-state index in [1.165, 1.54) is 52.0 Å². The van der Waals surface area contributed by atoms with Gasteiger partial charge in [-0.3, -0.25) is 0 Å². The van der Waals surface area contributed by atoms with Gasteiger partial charge in [0.1, 0.15) is 0 Å². The van der Waals surface area contributed by atoms with Crippen molar-refractivity contribution in [2.24, 2.45) is 0 Å². The second-order valence-electron chi connectivity index (χ2n) is 7.96. The minimum atomic E-state index is -4.38. The molecule has 4 aromatic rings. The van der Waals surface area contributed by atoms with Gasteiger partial charge in [-0.15, -0.1) is 11.3 Å². The van der Waals surface area contributed by atoms with Crippen molar-refractivity contribution in [3.8, 4) is 0 Å². The summed E-state index contributed by atoms with van der Waals surface area (Å²) in [4.78, 5) is 12.1. The van der Waals surface area contributed by atoms with E-state index in [1.807, 2.05) is 12.3 Å². The lowest BCUT2D eigenvalue weighted by Gasteiger charge is -2.22. The number of hydrogen-bond acceptors (Lipinski definition) is 6. The zero-order valence-corrected chi connectivity index (χ0v) is 21.8. The highest BCUT2D eigenvalue weighted by Crippen LogP contribution is 2.34. The Kier molecular flexibility index (Phi) is 7.46. The number of carboxylic acid groups (broad SMARTS) is 1. The highest BCUT2D eigenvalue weighted by molar-refractivity contribution is 7.93. The minimum Gasteiger partial charge on any atom is -0.464 e. The van der Waals surface area contributed by atoms with E-state index in [4.69, 9.17) is 0 Å². The molecule has 11 heteroatoms. The van der Waals surface area contributed by atoms with E-state index in [1.54, 1.807) is 42.5 Å². The number of amides is 1. The molecule has 188 valence electrons. The summed E-state index contributed by atoms with van der Waals surface area (Å²) in [5.41, 5.74) is 0.610. The molecule has 4 rings (SSSR count). The van der Waals surface area contributed by atoms with Crippen molar-refractivity contribution in [2.45, 2.75) is 29.7 Å². The van der Waals surface area contributed by atoms with Crippen LogP contribution in [0.2, 0.25) is 0 Å². The minimum absolute atomic E-state index is 0.0496. The summed E-state index contributed by atoms with van der Waals surface area (Å²) in [7, 11) is -8.15. The number of sulfonamides is 2. The Balaban J connectivity index is 1.76. The topological polar surface area (TPSA) is 112 Å². The number of benzene rings is 3. The van der Waals surface area contributed by atoms with E-state index >= 15 is 0 Å². The first kappa shape index (κ1) is 25.8. The summed E-state index contributed by atoms with van der Waals surface area (Å²) in [6.07, 6.45) is -1.05. The number of carbonyl (C=O) groups is 1. The van der Waals surface area contributed by atoms with E-state index in [9.17, 15) is 26.7 Å². The third-order valence-electron chi connectivity index (χ3n) is 5.53. The Labute approximate surface area is 214 Å². The number of anilines is 1. The van der Waals surface area contributed by atoms with Gasteiger partial charge in [0.05, 0.1) is 15.5 Å². The molecule has 0 aliphatic carbocycles. The highest BCUT2D eigenvalue weighted by Gasteiger charge is 2.31. The largest absolute Gasteiger partial charge is 0.464 e. The number of nitrogens with zero attached hydrogens (tertiary/aromatic N) is 2. The summed E-state index contributed by atoms with van der Waals surface area (Å²) in [6.45, 7) is 2.24. The lowest BCUT2D eigenvalue weighted by molar-refractivity contribution is 0.206. The van der Waals surface area contributed by atoms with E-state index in [0.29, 0.717) is 21.7 Å². The summed E-state index contributed by atoms with van der Waals surface area (Å²) >= 11 is 1.38. The van der Waals surface area contributed by atoms with E-state index in [0.717, 1.165) is 4.70 Å². The molecule has 0 spiro atoms. The Morgan fingerprint density at radius 2 is 1.44 bits per heavy atom. The Morgan fingerprint density at radius 1 is 0.861 bits per heavy atom. The van der Waals surface area contributed by atoms with Crippen molar-refractivity contribution >= 4 is 53.3 Å². The first-order chi connectivity index (χ1) is 17.2. The van der Waals surface area contributed by atoms with Gasteiger partial charge in [0.25, 0.3) is 10.0 Å². The van der Waals surface area contributed by atoms with Crippen LogP contribution in [-0.4, -0.2) is 38.9 Å². The van der Waals surface area contributed by atoms with Crippen LogP contribution in [0.3, 0.4) is 0 Å². The fraction of sp³-hybridized carbons (Fsp3) is 0.160. The molecule has 0 unspecified atom stereocenters. The van der Waals surface area contributed by atoms with Crippen LogP contribution < -0.4 is 4.31 Å². The molecule has 0 radical (unpaired) electrons. The van der Waals surface area contributed by atoms with Gasteiger partial charge in [-0.25, -0.2) is 21.6 Å². The molecule has 0 aliphatic rings. The summed E-state index contributed by atoms with van der Waals surface area (Å²) in [6, 6.07) is 20.0. The molecule has 36 heavy (non-hydrogen) atoms. The summed E-state index contributed by atoms with van der Waals surface area (Å²) in [5.74, 6) is 0. The number of thiophene rings is 1. The molecular formula is C25H24N2O6S3. The third-order valence-corrected chi connectivity index (χ3v) is 10.1. The van der Waals surface area contributed by atoms with Gasteiger partial charge in [-0.2, -0.15) is 8.61 Å². The molecule has 1 amide bonds. The van der Waals surface area contributed by atoms with E-state index in [2.05, 4.69) is 0 Å². The van der Waals surface area contributed by atoms with Gasteiger partial charge in [-0.05, 0) is 65.2 Å². The van der Waals surface area contributed by atoms with Crippen LogP contribution in [-0.2, 0) is 26.6 Å². The second-order valence-corrected chi connectivity index (χ2v) is 12.6. The maximum atomic E-state index is 13.3. The van der Waals surface area contributed by atoms with Gasteiger partial charge < -0.3 is 5.11 Å². The van der Waals surface area contributed by atoms with Crippen LogP contribution in [0.1, 0.15) is 18.9 Å². The number of hydrogen-bond donors (Lipinski definition) is 1. The molecule has 3 aromatic carbocycles. The van der Waals surface area contributed by atoms with Crippen molar-refractivity contribution in [2.75, 3.05) is 10.8 Å². The normalized spacial score (nSPS) is 12.2. The smallest absolute Gasteiger partial charge is 0.426 e. The predicted molar refractivity (Wildman–Crippen MR) is 140 cm³/mol. The molecule has 0 atom stereocenters. The lowest BCUT2D eigenvalue weighted by Crippen LogP contribution is -2.35. The lowest BCUT2D eigenvalue weighted by atomic mass is 10.1. The molecule has 1 aromatic heterocycles. The summed E-state index contributed by atoms with van der Waals surface area (Å²) in [5, 5.41) is 12.2. The molecule has 8 nitrogen and oxygen atoms in total. The number of rotatable bonds is 9. The molecule has 0 fully saturated rings. The van der Waals surface area contributed by atoms with Crippen molar-refractivity contribution < 1.29 is 26.7 Å². The fourth-order valence-electron chi connectivity index (χ4n) is 3.83.